The predicted octanol–water partition coefficient (Wildman–Crippen LogP) is 0.885. The Morgan fingerprint density at radius 3 is 2.65 bits per heavy atom. The molecule has 1 aliphatic rings. The third-order valence-corrected chi connectivity index (χ3v) is 5.15. The zero-order chi connectivity index (χ0) is 14.8. The summed E-state index contributed by atoms with van der Waals surface area (Å²) in [5, 5.41) is 8.43. The van der Waals surface area contributed by atoms with Crippen molar-refractivity contribution in [3.05, 3.63) is 23.2 Å². The first-order valence-electron chi connectivity index (χ1n) is 6.29. The maximum absolute atomic E-state index is 12.1. The molecule has 0 radical (unpaired) electrons. The topological polar surface area (TPSA) is 106 Å². The lowest BCUT2D eigenvalue weighted by Gasteiger charge is -2.22. The van der Waals surface area contributed by atoms with Gasteiger partial charge >= 0.3 is 5.97 Å². The van der Waals surface area contributed by atoms with E-state index >= 15 is 0 Å². The fourth-order valence-electron chi connectivity index (χ4n) is 2.12. The Labute approximate surface area is 117 Å². The zero-order valence-corrected chi connectivity index (χ0v) is 11.9. The number of carboxylic acids is 1. The Morgan fingerprint density at radius 1 is 1.45 bits per heavy atom. The first-order valence-corrected chi connectivity index (χ1v) is 7.83. The molecule has 0 unspecified atom stereocenters. The van der Waals surface area contributed by atoms with E-state index in [1.807, 2.05) is 0 Å². The third-order valence-electron chi connectivity index (χ3n) is 3.25. The van der Waals surface area contributed by atoms with Gasteiger partial charge in [-0.3, -0.25) is 0 Å². The summed E-state index contributed by atoms with van der Waals surface area (Å²) in [5.74, 6) is -0.543. The first kappa shape index (κ1) is 15.0. The second-order valence-corrected chi connectivity index (χ2v) is 6.71. The van der Waals surface area contributed by atoms with Crippen molar-refractivity contribution < 1.29 is 27.5 Å². The molecule has 0 saturated carbocycles. The molecule has 0 atom stereocenters. The second kappa shape index (κ2) is 5.94. The molecular weight excluding hydrogens is 286 g/mol. The standard InChI is InChI=1S/C12H17NO6S/c1-8-11(12(14)15)6-9(19-8)7-13-20(16,17)10-2-4-18-5-3-10/h6,10,13H,2-5,7H2,1H3,(H,14,15). The molecule has 2 N–H and O–H groups in total. The van der Waals surface area contributed by atoms with Gasteiger partial charge in [0.15, 0.2) is 0 Å². The van der Waals surface area contributed by atoms with Gasteiger partial charge in [0.05, 0.1) is 11.8 Å². The van der Waals surface area contributed by atoms with Crippen molar-refractivity contribution in [2.24, 2.45) is 0 Å². The summed E-state index contributed by atoms with van der Waals surface area (Å²) in [6.45, 7) is 2.36. The van der Waals surface area contributed by atoms with Crippen LogP contribution in [-0.4, -0.2) is 38.0 Å². The monoisotopic (exact) mass is 303 g/mol. The highest BCUT2D eigenvalue weighted by Crippen LogP contribution is 2.17. The van der Waals surface area contributed by atoms with Crippen LogP contribution in [0.1, 0.15) is 34.7 Å². The number of ether oxygens (including phenoxy) is 1. The lowest BCUT2D eigenvalue weighted by Crippen LogP contribution is -2.37. The van der Waals surface area contributed by atoms with Crippen molar-refractivity contribution in [2.45, 2.75) is 31.6 Å². The number of carbonyl (C=O) groups is 1. The number of sulfonamides is 1. The number of aryl methyl sites for hydroxylation is 1. The van der Waals surface area contributed by atoms with Gasteiger partial charge in [0.1, 0.15) is 17.1 Å². The van der Waals surface area contributed by atoms with Crippen LogP contribution >= 0.6 is 0 Å². The summed E-state index contributed by atoms with van der Waals surface area (Å²) < 4.78 is 36.9. The smallest absolute Gasteiger partial charge is 0.339 e. The molecule has 1 fully saturated rings. The lowest BCUT2D eigenvalue weighted by atomic mass is 10.2. The Kier molecular flexibility index (Phi) is 4.46. The molecule has 1 aromatic rings. The summed E-state index contributed by atoms with van der Waals surface area (Å²) in [4.78, 5) is 10.9. The van der Waals surface area contributed by atoms with Crippen molar-refractivity contribution in [1.82, 2.24) is 4.72 Å². The van der Waals surface area contributed by atoms with Gasteiger partial charge < -0.3 is 14.3 Å². The number of hydrogen-bond acceptors (Lipinski definition) is 5. The van der Waals surface area contributed by atoms with Gasteiger partial charge in [0.2, 0.25) is 10.0 Å². The van der Waals surface area contributed by atoms with Gasteiger partial charge in [0.25, 0.3) is 0 Å². The molecule has 0 aliphatic carbocycles. The summed E-state index contributed by atoms with van der Waals surface area (Å²) in [5.41, 5.74) is 0.0465. The van der Waals surface area contributed by atoms with E-state index in [-0.39, 0.29) is 23.6 Å². The van der Waals surface area contributed by atoms with E-state index in [9.17, 15) is 13.2 Å². The fraction of sp³-hybridized carbons (Fsp3) is 0.583. The van der Waals surface area contributed by atoms with Crippen LogP contribution in [0.2, 0.25) is 0 Å². The van der Waals surface area contributed by atoms with E-state index in [0.717, 1.165) is 0 Å². The molecule has 1 aliphatic heterocycles. The van der Waals surface area contributed by atoms with Crippen molar-refractivity contribution in [1.29, 1.82) is 0 Å². The average molecular weight is 303 g/mol. The molecule has 7 nitrogen and oxygen atoms in total. The van der Waals surface area contributed by atoms with Crippen molar-refractivity contribution in [3.63, 3.8) is 0 Å². The van der Waals surface area contributed by atoms with Crippen LogP contribution in [0, 0.1) is 6.92 Å². The predicted molar refractivity (Wildman–Crippen MR) is 70.0 cm³/mol. The van der Waals surface area contributed by atoms with Gasteiger partial charge in [0, 0.05) is 13.2 Å². The van der Waals surface area contributed by atoms with Gasteiger partial charge in [-0.2, -0.15) is 0 Å². The third kappa shape index (κ3) is 3.38. The molecule has 1 saturated heterocycles. The van der Waals surface area contributed by atoms with Gasteiger partial charge in [-0.25, -0.2) is 17.9 Å². The van der Waals surface area contributed by atoms with Crippen LogP contribution in [0.5, 0.6) is 0 Å². The Morgan fingerprint density at radius 2 is 2.10 bits per heavy atom. The maximum atomic E-state index is 12.1. The van der Waals surface area contributed by atoms with Gasteiger partial charge in [-0.1, -0.05) is 0 Å². The molecular formula is C12H17NO6S. The minimum atomic E-state index is -3.44. The minimum Gasteiger partial charge on any atom is -0.478 e. The summed E-state index contributed by atoms with van der Waals surface area (Å²) in [6.07, 6.45) is 0.930. The summed E-state index contributed by atoms with van der Waals surface area (Å²) in [6, 6.07) is 1.34. The molecule has 0 bridgehead atoms. The van der Waals surface area contributed by atoms with E-state index in [0.29, 0.717) is 26.1 Å². The van der Waals surface area contributed by atoms with Crippen molar-refractivity contribution in [3.8, 4) is 0 Å². The SMILES string of the molecule is Cc1oc(CNS(=O)(=O)C2CCOCC2)cc1C(=O)O. The van der Waals surface area contributed by atoms with Crippen LogP contribution in [0.3, 0.4) is 0 Å². The molecule has 2 heterocycles. The zero-order valence-electron chi connectivity index (χ0n) is 11.1. The van der Waals surface area contributed by atoms with Crippen LogP contribution in [-0.2, 0) is 21.3 Å². The Hall–Kier alpha value is -1.38. The first-order chi connectivity index (χ1) is 9.40. The lowest BCUT2D eigenvalue weighted by molar-refractivity contribution is 0.0695. The van der Waals surface area contributed by atoms with Crippen LogP contribution in [0.25, 0.3) is 0 Å². The van der Waals surface area contributed by atoms with E-state index < -0.39 is 21.2 Å². The largest absolute Gasteiger partial charge is 0.478 e. The number of aromatic carboxylic acids is 1. The number of carboxylic acid groups (broad SMARTS) is 1. The molecule has 0 aromatic carbocycles. The Bertz CT molecular complexity index is 585. The molecule has 112 valence electrons. The average Bonchev–Trinajstić information content (AvgIpc) is 2.79. The normalized spacial score (nSPS) is 17.2. The van der Waals surface area contributed by atoms with Gasteiger partial charge in [-0.15, -0.1) is 0 Å². The summed E-state index contributed by atoms with van der Waals surface area (Å²) in [7, 11) is -3.44. The second-order valence-electron chi connectivity index (χ2n) is 4.67. The maximum Gasteiger partial charge on any atom is 0.339 e. The van der Waals surface area contributed by atoms with Crippen LogP contribution in [0.15, 0.2) is 10.5 Å². The van der Waals surface area contributed by atoms with E-state index in [2.05, 4.69) is 4.72 Å². The van der Waals surface area contributed by atoms with Gasteiger partial charge in [-0.05, 0) is 25.8 Å². The highest BCUT2D eigenvalue weighted by Gasteiger charge is 2.27. The number of nitrogens with one attached hydrogen (secondary N) is 1. The Balaban J connectivity index is 2.00. The molecule has 8 heteroatoms. The summed E-state index contributed by atoms with van der Waals surface area (Å²) >= 11 is 0. The highest BCUT2D eigenvalue weighted by molar-refractivity contribution is 7.90. The highest BCUT2D eigenvalue weighted by atomic mass is 32.2. The molecule has 1 aromatic heterocycles. The number of furan rings is 1. The van der Waals surface area contributed by atoms with Crippen LogP contribution < -0.4 is 4.72 Å². The van der Waals surface area contributed by atoms with Crippen molar-refractivity contribution in [2.75, 3.05) is 13.2 Å². The van der Waals surface area contributed by atoms with Crippen LogP contribution in [0.4, 0.5) is 0 Å². The van der Waals surface area contributed by atoms with E-state index in [1.165, 1.54) is 13.0 Å². The molecule has 0 amide bonds. The molecule has 2 rings (SSSR count). The van der Waals surface area contributed by atoms with Crippen molar-refractivity contribution >= 4 is 16.0 Å². The molecule has 20 heavy (non-hydrogen) atoms. The quantitative estimate of drug-likeness (QED) is 0.836. The molecule has 0 spiro atoms. The number of hydrogen-bond donors (Lipinski definition) is 2. The van der Waals surface area contributed by atoms with E-state index in [4.69, 9.17) is 14.3 Å². The van der Waals surface area contributed by atoms with E-state index in [1.54, 1.807) is 0 Å². The number of rotatable bonds is 5. The fourth-order valence-corrected chi connectivity index (χ4v) is 3.51. The minimum absolute atomic E-state index is 0.0465.